The molecule has 0 amide bonds. The Bertz CT molecular complexity index is 616. The molecule has 0 atom stereocenters. The second kappa shape index (κ2) is 7.33. The summed E-state index contributed by atoms with van der Waals surface area (Å²) in [6.45, 7) is 0.903. The molecule has 0 aliphatic carbocycles. The maximum Gasteiger partial charge on any atom is 0.134 e. The number of hydrogen-bond donors (Lipinski definition) is 1. The van der Waals surface area contributed by atoms with Crippen LogP contribution in [0.3, 0.4) is 0 Å². The molecule has 0 aliphatic heterocycles. The molecule has 0 unspecified atom stereocenters. The first-order valence-corrected chi connectivity index (χ1v) is 7.29. The van der Waals surface area contributed by atoms with Crippen LogP contribution < -0.4 is 19.9 Å². The first-order valence-electron chi connectivity index (χ1n) is 6.50. The van der Waals surface area contributed by atoms with E-state index >= 15 is 0 Å². The summed E-state index contributed by atoms with van der Waals surface area (Å²) < 4.78 is 17.1. The van der Waals surface area contributed by atoms with E-state index in [0.717, 1.165) is 32.8 Å². The van der Waals surface area contributed by atoms with Gasteiger partial charge in [0.1, 0.15) is 23.9 Å². The smallest absolute Gasteiger partial charge is 0.134 e. The van der Waals surface area contributed by atoms with Crippen LogP contribution in [0.1, 0.15) is 11.1 Å². The van der Waals surface area contributed by atoms with Crippen LogP contribution >= 0.6 is 15.9 Å². The summed E-state index contributed by atoms with van der Waals surface area (Å²) in [5, 5.41) is 0. The van der Waals surface area contributed by atoms with Gasteiger partial charge in [0.2, 0.25) is 0 Å². The molecule has 4 nitrogen and oxygen atoms in total. The summed E-state index contributed by atoms with van der Waals surface area (Å²) in [6.07, 6.45) is 0. The molecule has 0 heterocycles. The molecule has 0 saturated heterocycles. The molecule has 0 radical (unpaired) electrons. The van der Waals surface area contributed by atoms with Gasteiger partial charge < -0.3 is 19.9 Å². The van der Waals surface area contributed by atoms with Gasteiger partial charge in [0, 0.05) is 12.1 Å². The predicted molar refractivity (Wildman–Crippen MR) is 85.9 cm³/mol. The lowest BCUT2D eigenvalue weighted by molar-refractivity contribution is 0.302. The van der Waals surface area contributed by atoms with Gasteiger partial charge >= 0.3 is 0 Å². The lowest BCUT2D eigenvalue weighted by atomic mass is 10.1. The highest BCUT2D eigenvalue weighted by Gasteiger charge is 2.06. The Kier molecular flexibility index (Phi) is 5.47. The topological polar surface area (TPSA) is 53.7 Å². The molecule has 112 valence electrons. The Labute approximate surface area is 132 Å². The minimum Gasteiger partial charge on any atom is -0.497 e. The van der Waals surface area contributed by atoms with Gasteiger partial charge in [0.25, 0.3) is 0 Å². The monoisotopic (exact) mass is 351 g/mol. The fraction of sp³-hybridized carbons (Fsp3) is 0.250. The van der Waals surface area contributed by atoms with Crippen molar-refractivity contribution in [2.24, 2.45) is 5.73 Å². The Morgan fingerprint density at radius 2 is 1.81 bits per heavy atom. The SMILES string of the molecule is COc1ccc(OCc2ccc(CN)c(OC)c2)c(Br)c1. The molecule has 2 N–H and O–H groups in total. The summed E-state index contributed by atoms with van der Waals surface area (Å²) in [6, 6.07) is 11.5. The Morgan fingerprint density at radius 1 is 1.00 bits per heavy atom. The zero-order valence-electron chi connectivity index (χ0n) is 12.1. The Morgan fingerprint density at radius 3 is 2.43 bits per heavy atom. The van der Waals surface area contributed by atoms with Gasteiger partial charge in [0.15, 0.2) is 0 Å². The largest absolute Gasteiger partial charge is 0.497 e. The van der Waals surface area contributed by atoms with Gasteiger partial charge in [-0.05, 0) is 45.8 Å². The summed E-state index contributed by atoms with van der Waals surface area (Å²) in [5.41, 5.74) is 7.66. The molecule has 0 aromatic heterocycles. The van der Waals surface area contributed by atoms with Crippen molar-refractivity contribution in [1.82, 2.24) is 0 Å². The summed E-state index contributed by atoms with van der Waals surface area (Å²) >= 11 is 3.47. The van der Waals surface area contributed by atoms with Crippen LogP contribution in [0.25, 0.3) is 0 Å². The van der Waals surface area contributed by atoms with E-state index in [9.17, 15) is 0 Å². The highest BCUT2D eigenvalue weighted by molar-refractivity contribution is 9.10. The van der Waals surface area contributed by atoms with Gasteiger partial charge in [-0.3, -0.25) is 0 Å². The number of ether oxygens (including phenoxy) is 3. The third kappa shape index (κ3) is 3.89. The Balaban J connectivity index is 2.09. The number of rotatable bonds is 6. The van der Waals surface area contributed by atoms with Crippen LogP contribution in [0.2, 0.25) is 0 Å². The molecule has 0 bridgehead atoms. The average molecular weight is 352 g/mol. The zero-order chi connectivity index (χ0) is 15.2. The number of halogens is 1. The van der Waals surface area contributed by atoms with E-state index in [0.29, 0.717) is 13.2 Å². The minimum absolute atomic E-state index is 0.451. The lowest BCUT2D eigenvalue weighted by Gasteiger charge is -2.12. The summed E-state index contributed by atoms with van der Waals surface area (Å²) in [7, 11) is 3.27. The first-order chi connectivity index (χ1) is 10.2. The maximum atomic E-state index is 5.81. The molecule has 2 rings (SSSR count). The third-order valence-corrected chi connectivity index (χ3v) is 3.72. The second-order valence-corrected chi connectivity index (χ2v) is 5.29. The minimum atomic E-state index is 0.451. The van der Waals surface area contributed by atoms with E-state index in [1.807, 2.05) is 36.4 Å². The summed E-state index contributed by atoms with van der Waals surface area (Å²) in [4.78, 5) is 0. The molecule has 0 spiro atoms. The van der Waals surface area contributed by atoms with Crippen molar-refractivity contribution >= 4 is 15.9 Å². The number of nitrogens with two attached hydrogens (primary N) is 1. The molecule has 2 aromatic rings. The van der Waals surface area contributed by atoms with Crippen LogP contribution in [-0.4, -0.2) is 14.2 Å². The molecular weight excluding hydrogens is 334 g/mol. The average Bonchev–Trinajstić information content (AvgIpc) is 2.53. The fourth-order valence-electron chi connectivity index (χ4n) is 1.93. The molecule has 0 aliphatic rings. The third-order valence-electron chi connectivity index (χ3n) is 3.10. The number of methoxy groups -OCH3 is 2. The molecule has 2 aromatic carbocycles. The highest BCUT2D eigenvalue weighted by Crippen LogP contribution is 2.30. The van der Waals surface area contributed by atoms with Gasteiger partial charge in [0.05, 0.1) is 18.7 Å². The van der Waals surface area contributed by atoms with E-state index < -0.39 is 0 Å². The van der Waals surface area contributed by atoms with Crippen molar-refractivity contribution in [1.29, 1.82) is 0 Å². The predicted octanol–water partition coefficient (Wildman–Crippen LogP) is 3.50. The number of benzene rings is 2. The molecule has 0 fully saturated rings. The fourth-order valence-corrected chi connectivity index (χ4v) is 2.41. The van der Waals surface area contributed by atoms with Crippen LogP contribution in [0.4, 0.5) is 0 Å². The molecular formula is C16H18BrNO3. The second-order valence-electron chi connectivity index (χ2n) is 4.44. The van der Waals surface area contributed by atoms with E-state index in [4.69, 9.17) is 19.9 Å². The van der Waals surface area contributed by atoms with Gasteiger partial charge in [-0.2, -0.15) is 0 Å². The van der Waals surface area contributed by atoms with Crippen LogP contribution in [-0.2, 0) is 13.2 Å². The van der Waals surface area contributed by atoms with Crippen LogP contribution in [0.15, 0.2) is 40.9 Å². The first kappa shape index (κ1) is 15.7. The van der Waals surface area contributed by atoms with Gasteiger partial charge in [-0.1, -0.05) is 12.1 Å². The summed E-state index contributed by atoms with van der Waals surface area (Å²) in [5.74, 6) is 2.33. The van der Waals surface area contributed by atoms with E-state index in [1.165, 1.54) is 0 Å². The van der Waals surface area contributed by atoms with Crippen molar-refractivity contribution < 1.29 is 14.2 Å². The highest BCUT2D eigenvalue weighted by atomic mass is 79.9. The molecule has 0 saturated carbocycles. The molecule has 5 heteroatoms. The normalized spacial score (nSPS) is 10.3. The van der Waals surface area contributed by atoms with Crippen molar-refractivity contribution in [3.05, 3.63) is 52.0 Å². The van der Waals surface area contributed by atoms with E-state index in [2.05, 4.69) is 15.9 Å². The number of hydrogen-bond acceptors (Lipinski definition) is 4. The zero-order valence-corrected chi connectivity index (χ0v) is 13.6. The van der Waals surface area contributed by atoms with Crippen molar-refractivity contribution in [2.75, 3.05) is 14.2 Å². The Hall–Kier alpha value is -1.72. The van der Waals surface area contributed by atoms with E-state index in [1.54, 1.807) is 14.2 Å². The van der Waals surface area contributed by atoms with Crippen molar-refractivity contribution in [3.8, 4) is 17.2 Å². The quantitative estimate of drug-likeness (QED) is 0.865. The van der Waals surface area contributed by atoms with E-state index in [-0.39, 0.29) is 0 Å². The van der Waals surface area contributed by atoms with Crippen molar-refractivity contribution in [3.63, 3.8) is 0 Å². The van der Waals surface area contributed by atoms with Crippen LogP contribution in [0, 0.1) is 0 Å². The standard InChI is InChI=1S/C16H18BrNO3/c1-19-13-5-6-15(14(17)8-13)21-10-11-3-4-12(9-18)16(7-11)20-2/h3-8H,9-10,18H2,1-2H3. The van der Waals surface area contributed by atoms with Crippen molar-refractivity contribution in [2.45, 2.75) is 13.2 Å². The van der Waals surface area contributed by atoms with Crippen LogP contribution in [0.5, 0.6) is 17.2 Å². The molecule has 21 heavy (non-hydrogen) atoms. The van der Waals surface area contributed by atoms with Gasteiger partial charge in [-0.25, -0.2) is 0 Å². The lowest BCUT2D eigenvalue weighted by Crippen LogP contribution is -2.02. The van der Waals surface area contributed by atoms with Gasteiger partial charge in [-0.15, -0.1) is 0 Å². The maximum absolute atomic E-state index is 5.81.